The molecule has 5 heteroatoms. The van der Waals surface area contributed by atoms with Crippen molar-refractivity contribution in [1.82, 2.24) is 4.98 Å². The molecule has 0 spiro atoms. The number of anilines is 1. The monoisotopic (exact) mass is 266 g/mol. The predicted octanol–water partition coefficient (Wildman–Crippen LogP) is 2.31. The molecule has 1 heterocycles. The van der Waals surface area contributed by atoms with E-state index in [0.717, 1.165) is 37.9 Å². The molecule has 106 valence electrons. The molecule has 1 rings (SSSR count). The third-order valence-electron chi connectivity index (χ3n) is 2.88. The van der Waals surface area contributed by atoms with Crippen LogP contribution in [0.2, 0.25) is 0 Å². The summed E-state index contributed by atoms with van der Waals surface area (Å²) < 4.78 is 0. The molecule has 0 atom stereocenters. The van der Waals surface area contributed by atoms with E-state index >= 15 is 0 Å². The summed E-state index contributed by atoms with van der Waals surface area (Å²) in [6.07, 6.45) is 4.60. The number of aromatic carboxylic acids is 1. The molecule has 0 saturated heterocycles. The molecule has 0 unspecified atom stereocenters. The van der Waals surface area contributed by atoms with Crippen molar-refractivity contribution < 1.29 is 15.0 Å². The van der Waals surface area contributed by atoms with Crippen LogP contribution in [-0.4, -0.2) is 34.3 Å². The van der Waals surface area contributed by atoms with E-state index < -0.39 is 5.97 Å². The summed E-state index contributed by atoms with van der Waals surface area (Å²) in [5.74, 6) is -0.304. The average molecular weight is 266 g/mol. The zero-order chi connectivity index (χ0) is 14.1. The van der Waals surface area contributed by atoms with Gasteiger partial charge in [0.1, 0.15) is 5.82 Å². The molecule has 5 nitrogen and oxygen atoms in total. The third kappa shape index (κ3) is 5.70. The summed E-state index contributed by atoms with van der Waals surface area (Å²) in [4.78, 5) is 15.3. The molecule has 0 aromatic carbocycles. The van der Waals surface area contributed by atoms with Gasteiger partial charge in [-0.3, -0.25) is 0 Å². The molecule has 19 heavy (non-hydrogen) atoms. The summed E-state index contributed by atoms with van der Waals surface area (Å²) >= 11 is 0. The van der Waals surface area contributed by atoms with Crippen molar-refractivity contribution in [3.8, 4) is 0 Å². The minimum absolute atomic E-state index is 0.246. The Morgan fingerprint density at radius 1 is 1.26 bits per heavy atom. The van der Waals surface area contributed by atoms with Gasteiger partial charge in [-0.1, -0.05) is 19.8 Å². The molecule has 0 saturated carbocycles. The van der Waals surface area contributed by atoms with E-state index in [9.17, 15) is 4.79 Å². The highest BCUT2D eigenvalue weighted by molar-refractivity contribution is 5.88. The number of nitrogens with one attached hydrogen (secondary N) is 1. The fraction of sp³-hybridized carbons (Fsp3) is 0.571. The summed E-state index contributed by atoms with van der Waals surface area (Å²) in [6, 6.07) is 3.17. The Morgan fingerprint density at radius 3 is 2.63 bits per heavy atom. The second-order valence-corrected chi connectivity index (χ2v) is 4.46. The third-order valence-corrected chi connectivity index (χ3v) is 2.88. The number of pyridine rings is 1. The van der Waals surface area contributed by atoms with Crippen molar-refractivity contribution in [3.05, 3.63) is 23.4 Å². The summed E-state index contributed by atoms with van der Waals surface area (Å²) in [6.45, 7) is 2.97. The quantitative estimate of drug-likeness (QED) is 0.597. The molecule has 0 aliphatic rings. The molecule has 0 aliphatic carbocycles. The van der Waals surface area contributed by atoms with Gasteiger partial charge in [0, 0.05) is 18.8 Å². The molecule has 3 N–H and O–H groups in total. The van der Waals surface area contributed by atoms with Crippen molar-refractivity contribution in [2.24, 2.45) is 0 Å². The van der Waals surface area contributed by atoms with Gasteiger partial charge in [0.15, 0.2) is 0 Å². The lowest BCUT2D eigenvalue weighted by Gasteiger charge is -2.08. The number of nitrogens with zero attached hydrogens (tertiary/aromatic N) is 1. The number of rotatable bonds is 9. The van der Waals surface area contributed by atoms with E-state index in [4.69, 9.17) is 10.2 Å². The normalized spacial score (nSPS) is 10.4. The van der Waals surface area contributed by atoms with E-state index in [1.807, 2.05) is 6.92 Å². The Labute approximate surface area is 113 Å². The lowest BCUT2D eigenvalue weighted by molar-refractivity contribution is 0.0696. The van der Waals surface area contributed by atoms with E-state index in [1.54, 1.807) is 12.1 Å². The lowest BCUT2D eigenvalue weighted by Crippen LogP contribution is -2.07. The average Bonchev–Trinajstić information content (AvgIpc) is 2.42. The summed E-state index contributed by atoms with van der Waals surface area (Å²) in [7, 11) is 0. The van der Waals surface area contributed by atoms with Crippen molar-refractivity contribution in [2.75, 3.05) is 18.5 Å². The van der Waals surface area contributed by atoms with Gasteiger partial charge < -0.3 is 15.5 Å². The first kappa shape index (κ1) is 15.4. The van der Waals surface area contributed by atoms with Crippen molar-refractivity contribution in [3.63, 3.8) is 0 Å². The number of carboxylic acid groups (broad SMARTS) is 1. The van der Waals surface area contributed by atoms with Crippen LogP contribution in [0.25, 0.3) is 0 Å². The van der Waals surface area contributed by atoms with Crippen LogP contribution in [0.15, 0.2) is 12.1 Å². The summed E-state index contributed by atoms with van der Waals surface area (Å²) in [5.41, 5.74) is 1.05. The molecule has 0 aliphatic heterocycles. The molecule has 1 aromatic rings. The number of aromatic nitrogens is 1. The number of carbonyl (C=O) groups is 1. The molecule has 0 amide bonds. The number of carboxylic acids is 1. The number of aliphatic hydroxyl groups is 1. The van der Waals surface area contributed by atoms with Gasteiger partial charge in [-0.05, 0) is 31.4 Å². The highest BCUT2D eigenvalue weighted by Gasteiger charge is 2.07. The van der Waals surface area contributed by atoms with Crippen LogP contribution < -0.4 is 5.32 Å². The number of hydrogen-bond donors (Lipinski definition) is 3. The highest BCUT2D eigenvalue weighted by Crippen LogP contribution is 2.12. The fourth-order valence-electron chi connectivity index (χ4n) is 1.79. The maximum absolute atomic E-state index is 11.0. The Bertz CT molecular complexity index is 408. The topological polar surface area (TPSA) is 82.5 Å². The fourth-order valence-corrected chi connectivity index (χ4v) is 1.79. The van der Waals surface area contributed by atoms with Crippen LogP contribution in [0.1, 0.15) is 48.7 Å². The minimum Gasteiger partial charge on any atom is -0.478 e. The molecular formula is C14H22N2O3. The van der Waals surface area contributed by atoms with E-state index in [1.165, 1.54) is 0 Å². The van der Waals surface area contributed by atoms with E-state index in [0.29, 0.717) is 12.2 Å². The Kier molecular flexibility index (Phi) is 6.89. The maximum atomic E-state index is 11.0. The lowest BCUT2D eigenvalue weighted by atomic mass is 10.2. The first-order valence-electron chi connectivity index (χ1n) is 6.76. The number of hydrogen-bond acceptors (Lipinski definition) is 4. The van der Waals surface area contributed by atoms with Crippen LogP contribution in [0.4, 0.5) is 5.82 Å². The minimum atomic E-state index is -0.928. The molecular weight excluding hydrogens is 244 g/mol. The second kappa shape index (κ2) is 8.48. The number of aryl methyl sites for hydroxylation is 1. The van der Waals surface area contributed by atoms with Crippen LogP contribution in [-0.2, 0) is 6.42 Å². The van der Waals surface area contributed by atoms with Crippen molar-refractivity contribution in [1.29, 1.82) is 0 Å². The molecule has 0 bridgehead atoms. The van der Waals surface area contributed by atoms with E-state index in [-0.39, 0.29) is 12.2 Å². The first-order valence-corrected chi connectivity index (χ1v) is 6.76. The van der Waals surface area contributed by atoms with Crippen molar-refractivity contribution >= 4 is 11.8 Å². The number of aliphatic hydroxyl groups excluding tert-OH is 1. The Hall–Kier alpha value is -1.62. The maximum Gasteiger partial charge on any atom is 0.335 e. The van der Waals surface area contributed by atoms with Crippen LogP contribution in [0, 0.1) is 0 Å². The zero-order valence-corrected chi connectivity index (χ0v) is 11.4. The summed E-state index contributed by atoms with van der Waals surface area (Å²) in [5, 5.41) is 20.8. The van der Waals surface area contributed by atoms with Crippen LogP contribution in [0.3, 0.4) is 0 Å². The molecule has 1 aromatic heterocycles. The zero-order valence-electron chi connectivity index (χ0n) is 11.4. The van der Waals surface area contributed by atoms with Gasteiger partial charge in [-0.15, -0.1) is 0 Å². The van der Waals surface area contributed by atoms with Gasteiger partial charge in [0.25, 0.3) is 0 Å². The van der Waals surface area contributed by atoms with E-state index in [2.05, 4.69) is 10.3 Å². The molecule has 0 radical (unpaired) electrons. The second-order valence-electron chi connectivity index (χ2n) is 4.46. The standard InChI is InChI=1S/C14H22N2O3/c1-2-12-9-11(14(18)19)10-13(16-12)15-7-5-3-4-6-8-17/h9-10,17H,2-8H2,1H3,(H,15,16)(H,18,19). The van der Waals surface area contributed by atoms with Gasteiger partial charge in [0.2, 0.25) is 0 Å². The smallest absolute Gasteiger partial charge is 0.335 e. The van der Waals surface area contributed by atoms with Gasteiger partial charge >= 0.3 is 5.97 Å². The SMILES string of the molecule is CCc1cc(C(=O)O)cc(NCCCCCCO)n1. The first-order chi connectivity index (χ1) is 9.17. The predicted molar refractivity (Wildman–Crippen MR) is 74.6 cm³/mol. The van der Waals surface area contributed by atoms with Gasteiger partial charge in [-0.2, -0.15) is 0 Å². The van der Waals surface area contributed by atoms with Crippen LogP contribution in [0.5, 0.6) is 0 Å². The van der Waals surface area contributed by atoms with Gasteiger partial charge in [-0.25, -0.2) is 9.78 Å². The van der Waals surface area contributed by atoms with Crippen molar-refractivity contribution in [2.45, 2.75) is 39.0 Å². The Balaban J connectivity index is 2.48. The van der Waals surface area contributed by atoms with Crippen LogP contribution >= 0.6 is 0 Å². The highest BCUT2D eigenvalue weighted by atomic mass is 16.4. The molecule has 0 fully saturated rings. The largest absolute Gasteiger partial charge is 0.478 e. The number of unbranched alkanes of at least 4 members (excludes halogenated alkanes) is 3. The van der Waals surface area contributed by atoms with Gasteiger partial charge in [0.05, 0.1) is 5.56 Å². The Morgan fingerprint density at radius 2 is 2.00 bits per heavy atom.